The van der Waals surface area contributed by atoms with Crippen molar-refractivity contribution in [1.82, 2.24) is 14.7 Å². The number of carbonyl (C=O) groups is 1. The number of fused-ring (bicyclic) bond motifs is 1. The molecule has 2 saturated heterocycles. The van der Waals surface area contributed by atoms with Gasteiger partial charge in [0.05, 0.1) is 0 Å². The zero-order valence-electron chi connectivity index (χ0n) is 18.4. The molecule has 174 valence electrons. The zero-order valence-corrected chi connectivity index (χ0v) is 19.2. The van der Waals surface area contributed by atoms with Crippen LogP contribution in [0.1, 0.15) is 30.4 Å². The standard InChI is InChI=1S/C24H27FN4O3S/c25-19-10-8-18(9-11-19)17-27-12-4-13-28(16-15-27)24(30)21-6-3-14-29(21)23-20-5-1-2-7-22(20)33(31,32)26-23/h1-2,5,7-11,21H,3-4,6,12-17H2/t21-/m0/s1. The molecule has 0 bridgehead atoms. The number of hydrogen-bond donors (Lipinski definition) is 0. The highest BCUT2D eigenvalue weighted by Gasteiger charge is 2.40. The number of likely N-dealkylation sites (tertiary alicyclic amines) is 1. The molecule has 1 atom stereocenters. The van der Waals surface area contributed by atoms with Gasteiger partial charge in [0.15, 0.2) is 5.84 Å². The summed E-state index contributed by atoms with van der Waals surface area (Å²) >= 11 is 0. The van der Waals surface area contributed by atoms with Gasteiger partial charge in [0, 0.05) is 44.8 Å². The topological polar surface area (TPSA) is 73.3 Å². The summed E-state index contributed by atoms with van der Waals surface area (Å²) in [6.07, 6.45) is 2.37. The number of rotatable bonds is 3. The number of hydrogen-bond acceptors (Lipinski definition) is 5. The first-order valence-corrected chi connectivity index (χ1v) is 12.8. The van der Waals surface area contributed by atoms with Crippen molar-refractivity contribution in [2.45, 2.75) is 36.7 Å². The monoisotopic (exact) mass is 470 g/mol. The van der Waals surface area contributed by atoms with Crippen molar-refractivity contribution in [3.8, 4) is 0 Å². The molecule has 3 aliphatic rings. The summed E-state index contributed by atoms with van der Waals surface area (Å²) in [6.45, 7) is 4.24. The molecule has 33 heavy (non-hydrogen) atoms. The van der Waals surface area contributed by atoms with E-state index in [2.05, 4.69) is 9.30 Å². The molecule has 5 rings (SSSR count). The first-order chi connectivity index (χ1) is 15.9. The van der Waals surface area contributed by atoms with Crippen molar-refractivity contribution in [2.75, 3.05) is 32.7 Å². The minimum Gasteiger partial charge on any atom is -0.343 e. The van der Waals surface area contributed by atoms with E-state index in [4.69, 9.17) is 0 Å². The van der Waals surface area contributed by atoms with E-state index in [0.717, 1.165) is 38.0 Å². The lowest BCUT2D eigenvalue weighted by molar-refractivity contribution is -0.134. The van der Waals surface area contributed by atoms with Gasteiger partial charge in [0.2, 0.25) is 5.91 Å². The van der Waals surface area contributed by atoms with E-state index in [0.29, 0.717) is 37.5 Å². The van der Waals surface area contributed by atoms with Gasteiger partial charge in [-0.25, -0.2) is 4.39 Å². The van der Waals surface area contributed by atoms with Crippen molar-refractivity contribution < 1.29 is 17.6 Å². The summed E-state index contributed by atoms with van der Waals surface area (Å²) in [7, 11) is -3.72. The summed E-state index contributed by atoms with van der Waals surface area (Å²) in [6, 6.07) is 13.0. The van der Waals surface area contributed by atoms with Gasteiger partial charge in [-0.05, 0) is 49.1 Å². The highest BCUT2D eigenvalue weighted by Crippen LogP contribution is 2.31. The fourth-order valence-corrected chi connectivity index (χ4v) is 6.20. The Balaban J connectivity index is 1.28. The molecule has 0 radical (unpaired) electrons. The van der Waals surface area contributed by atoms with Crippen molar-refractivity contribution in [3.63, 3.8) is 0 Å². The fourth-order valence-electron chi connectivity index (χ4n) is 4.98. The van der Waals surface area contributed by atoms with Crippen LogP contribution in [0.3, 0.4) is 0 Å². The molecule has 2 fully saturated rings. The quantitative estimate of drug-likeness (QED) is 0.689. The molecule has 0 aromatic heterocycles. The second-order valence-electron chi connectivity index (χ2n) is 8.82. The van der Waals surface area contributed by atoms with E-state index in [-0.39, 0.29) is 16.6 Å². The smallest absolute Gasteiger partial charge is 0.285 e. The Hall–Kier alpha value is -2.78. The fraction of sp³-hybridized carbons (Fsp3) is 0.417. The maximum Gasteiger partial charge on any atom is 0.285 e. The van der Waals surface area contributed by atoms with Gasteiger partial charge in [-0.1, -0.05) is 24.3 Å². The van der Waals surface area contributed by atoms with E-state index in [1.165, 1.54) is 12.1 Å². The molecule has 0 spiro atoms. The lowest BCUT2D eigenvalue weighted by Gasteiger charge is -2.30. The number of carbonyl (C=O) groups excluding carboxylic acids is 1. The number of halogens is 1. The molecule has 0 saturated carbocycles. The van der Waals surface area contributed by atoms with Gasteiger partial charge in [-0.3, -0.25) is 9.69 Å². The van der Waals surface area contributed by atoms with Crippen molar-refractivity contribution in [1.29, 1.82) is 0 Å². The first kappa shape index (κ1) is 22.0. The second-order valence-corrected chi connectivity index (χ2v) is 10.4. The Morgan fingerprint density at radius 3 is 2.58 bits per heavy atom. The van der Waals surface area contributed by atoms with Crippen LogP contribution in [0.5, 0.6) is 0 Å². The molecule has 3 heterocycles. The van der Waals surface area contributed by atoms with Crippen LogP contribution in [0.4, 0.5) is 4.39 Å². The number of amidine groups is 1. The average molecular weight is 471 g/mol. The van der Waals surface area contributed by atoms with Crippen LogP contribution in [0.15, 0.2) is 57.8 Å². The summed E-state index contributed by atoms with van der Waals surface area (Å²) in [5, 5.41) is 0. The van der Waals surface area contributed by atoms with Crippen LogP contribution in [0.25, 0.3) is 0 Å². The molecule has 0 aliphatic carbocycles. The number of sulfonamides is 1. The molecule has 7 nitrogen and oxygen atoms in total. The van der Waals surface area contributed by atoms with Crippen LogP contribution in [0, 0.1) is 5.82 Å². The van der Waals surface area contributed by atoms with Gasteiger partial charge in [-0.2, -0.15) is 8.42 Å². The lowest BCUT2D eigenvalue weighted by atomic mass is 10.1. The largest absolute Gasteiger partial charge is 0.343 e. The molecule has 1 amide bonds. The number of amides is 1. The molecule has 2 aromatic carbocycles. The second kappa shape index (κ2) is 8.87. The molecular weight excluding hydrogens is 443 g/mol. The summed E-state index contributed by atoms with van der Waals surface area (Å²) in [4.78, 5) is 19.8. The van der Waals surface area contributed by atoms with Crippen molar-refractivity contribution in [3.05, 3.63) is 65.5 Å². The Morgan fingerprint density at radius 1 is 0.970 bits per heavy atom. The normalized spacial score (nSPS) is 22.7. The first-order valence-electron chi connectivity index (χ1n) is 11.4. The van der Waals surface area contributed by atoms with Crippen LogP contribution in [-0.4, -0.2) is 73.6 Å². The number of benzene rings is 2. The highest BCUT2D eigenvalue weighted by molar-refractivity contribution is 7.90. The van der Waals surface area contributed by atoms with Gasteiger partial charge in [-0.15, -0.1) is 4.40 Å². The third-order valence-electron chi connectivity index (χ3n) is 6.64. The molecule has 2 aromatic rings. The SMILES string of the molecule is O=C([C@@H]1CCCN1C1=NS(=O)(=O)c2ccccc21)N1CCCN(Cc2ccc(F)cc2)CC1. The summed E-state index contributed by atoms with van der Waals surface area (Å²) < 4.78 is 42.2. The predicted molar refractivity (Wildman–Crippen MR) is 123 cm³/mol. The summed E-state index contributed by atoms with van der Waals surface area (Å²) in [5.41, 5.74) is 1.64. The molecule has 3 aliphatic heterocycles. The van der Waals surface area contributed by atoms with E-state index >= 15 is 0 Å². The maximum absolute atomic E-state index is 13.5. The zero-order chi connectivity index (χ0) is 23.0. The van der Waals surface area contributed by atoms with Crippen LogP contribution < -0.4 is 0 Å². The van der Waals surface area contributed by atoms with Gasteiger partial charge >= 0.3 is 0 Å². The molecular formula is C24H27FN4O3S. The minimum atomic E-state index is -3.72. The third-order valence-corrected chi connectivity index (χ3v) is 7.97. The number of nitrogens with zero attached hydrogens (tertiary/aromatic N) is 4. The van der Waals surface area contributed by atoms with Crippen LogP contribution >= 0.6 is 0 Å². The van der Waals surface area contributed by atoms with Gasteiger partial charge in [0.25, 0.3) is 10.0 Å². The molecule has 0 N–H and O–H groups in total. The summed E-state index contributed by atoms with van der Waals surface area (Å²) in [5.74, 6) is 0.199. The molecule has 9 heteroatoms. The van der Waals surface area contributed by atoms with Crippen LogP contribution in [0.2, 0.25) is 0 Å². The average Bonchev–Trinajstić information content (AvgIpc) is 3.31. The van der Waals surface area contributed by atoms with Crippen molar-refractivity contribution >= 4 is 21.8 Å². The van der Waals surface area contributed by atoms with Gasteiger partial charge < -0.3 is 9.80 Å². The van der Waals surface area contributed by atoms with Crippen molar-refractivity contribution in [2.24, 2.45) is 4.40 Å². The lowest BCUT2D eigenvalue weighted by Crippen LogP contribution is -2.48. The Bertz CT molecular complexity index is 1180. The minimum absolute atomic E-state index is 0.0422. The Labute approximate surface area is 193 Å². The Morgan fingerprint density at radius 2 is 1.76 bits per heavy atom. The van der Waals surface area contributed by atoms with E-state index in [1.54, 1.807) is 36.4 Å². The highest BCUT2D eigenvalue weighted by atomic mass is 32.2. The van der Waals surface area contributed by atoms with Crippen LogP contribution in [-0.2, 0) is 21.4 Å². The predicted octanol–water partition coefficient (Wildman–Crippen LogP) is 2.47. The van der Waals surface area contributed by atoms with E-state index < -0.39 is 16.1 Å². The molecule has 0 unspecified atom stereocenters. The van der Waals surface area contributed by atoms with Gasteiger partial charge in [0.1, 0.15) is 16.8 Å². The third kappa shape index (κ3) is 4.39. The Kier molecular flexibility index (Phi) is 5.92. The van der Waals surface area contributed by atoms with E-state index in [1.807, 2.05) is 9.80 Å². The maximum atomic E-state index is 13.5. The van der Waals surface area contributed by atoms with E-state index in [9.17, 15) is 17.6 Å².